The van der Waals surface area contributed by atoms with E-state index >= 15 is 0 Å². The van der Waals surface area contributed by atoms with Crippen molar-refractivity contribution >= 4 is 37.4 Å². The lowest BCUT2D eigenvalue weighted by Gasteiger charge is -2.32. The van der Waals surface area contributed by atoms with Gasteiger partial charge in [0.05, 0.1) is 16.2 Å². The second kappa shape index (κ2) is 5.96. The van der Waals surface area contributed by atoms with Crippen LogP contribution < -0.4 is 0 Å². The van der Waals surface area contributed by atoms with E-state index in [1.165, 1.54) is 12.1 Å². The molecule has 1 aromatic rings. The minimum atomic E-state index is -0.480. The average molecular weight is 329 g/mol. The standard InChI is InChI=1S/C15H19BClFO2S/c1-14(2)15(3,4)20-16(19-14)11(9-21)7-10-5-6-12(17)13(18)8-10/h5-8,21H,9H2,1-4H3. The lowest BCUT2D eigenvalue weighted by atomic mass is 9.78. The topological polar surface area (TPSA) is 18.5 Å². The Hall–Kier alpha value is -0.485. The molecule has 0 atom stereocenters. The molecule has 0 spiro atoms. The van der Waals surface area contributed by atoms with Gasteiger partial charge in [-0.05, 0) is 50.9 Å². The van der Waals surface area contributed by atoms with Gasteiger partial charge in [-0.1, -0.05) is 23.7 Å². The van der Waals surface area contributed by atoms with Crippen molar-refractivity contribution in [3.63, 3.8) is 0 Å². The van der Waals surface area contributed by atoms with E-state index in [1.54, 1.807) is 6.07 Å². The maximum absolute atomic E-state index is 13.5. The normalized spacial score (nSPS) is 20.9. The van der Waals surface area contributed by atoms with Crippen LogP contribution in [-0.2, 0) is 9.31 Å². The first-order valence-corrected chi connectivity index (χ1v) is 7.79. The van der Waals surface area contributed by atoms with Crippen molar-refractivity contribution in [2.75, 3.05) is 5.75 Å². The summed E-state index contributed by atoms with van der Waals surface area (Å²) in [7, 11) is -0.480. The SMILES string of the molecule is CC1(C)OB(C(=Cc2ccc(Cl)c(F)c2)CS)OC1(C)C. The molecule has 1 aliphatic rings. The van der Waals surface area contributed by atoms with Gasteiger partial charge in [0, 0.05) is 5.75 Å². The van der Waals surface area contributed by atoms with Gasteiger partial charge in [0.25, 0.3) is 0 Å². The first-order valence-electron chi connectivity index (χ1n) is 6.78. The molecule has 1 heterocycles. The van der Waals surface area contributed by atoms with Gasteiger partial charge < -0.3 is 9.31 Å². The highest BCUT2D eigenvalue weighted by molar-refractivity contribution is 7.80. The molecular formula is C15H19BClFO2S. The van der Waals surface area contributed by atoms with E-state index in [2.05, 4.69) is 12.6 Å². The Balaban J connectivity index is 2.28. The fraction of sp³-hybridized carbons (Fsp3) is 0.467. The first-order chi connectivity index (χ1) is 9.66. The summed E-state index contributed by atoms with van der Waals surface area (Å²) < 4.78 is 25.5. The fourth-order valence-electron chi connectivity index (χ4n) is 2.00. The molecule has 6 heteroatoms. The summed E-state index contributed by atoms with van der Waals surface area (Å²) >= 11 is 10.0. The molecule has 21 heavy (non-hydrogen) atoms. The highest BCUT2D eigenvalue weighted by atomic mass is 35.5. The Kier molecular flexibility index (Phi) is 4.79. The number of thiol groups is 1. The van der Waals surface area contributed by atoms with Crippen molar-refractivity contribution in [2.45, 2.75) is 38.9 Å². The van der Waals surface area contributed by atoms with Gasteiger partial charge in [-0.3, -0.25) is 0 Å². The molecule has 1 saturated heterocycles. The molecule has 1 aromatic carbocycles. The van der Waals surface area contributed by atoms with Gasteiger partial charge >= 0.3 is 7.12 Å². The van der Waals surface area contributed by atoms with Crippen LogP contribution in [0, 0.1) is 5.82 Å². The van der Waals surface area contributed by atoms with Crippen LogP contribution in [-0.4, -0.2) is 24.1 Å². The monoisotopic (exact) mass is 328 g/mol. The Morgan fingerprint density at radius 3 is 2.33 bits per heavy atom. The van der Waals surface area contributed by atoms with Crippen LogP contribution in [0.2, 0.25) is 5.02 Å². The molecule has 0 radical (unpaired) electrons. The molecule has 0 aliphatic carbocycles. The Bertz CT molecular complexity index is 559. The maximum Gasteiger partial charge on any atom is 0.491 e. The van der Waals surface area contributed by atoms with E-state index in [4.69, 9.17) is 20.9 Å². The van der Waals surface area contributed by atoms with Gasteiger partial charge in [-0.2, -0.15) is 12.6 Å². The van der Waals surface area contributed by atoms with Crippen molar-refractivity contribution < 1.29 is 13.7 Å². The van der Waals surface area contributed by atoms with Gasteiger partial charge in [0.2, 0.25) is 0 Å². The quantitative estimate of drug-likeness (QED) is 0.654. The van der Waals surface area contributed by atoms with Crippen molar-refractivity contribution in [2.24, 2.45) is 0 Å². The van der Waals surface area contributed by atoms with Gasteiger partial charge in [-0.15, -0.1) is 0 Å². The Morgan fingerprint density at radius 2 is 1.86 bits per heavy atom. The number of hydrogen-bond acceptors (Lipinski definition) is 3. The lowest BCUT2D eigenvalue weighted by molar-refractivity contribution is 0.00578. The smallest absolute Gasteiger partial charge is 0.400 e. The fourth-order valence-corrected chi connectivity index (χ4v) is 2.36. The molecule has 0 saturated carbocycles. The van der Waals surface area contributed by atoms with E-state index in [0.717, 1.165) is 5.47 Å². The minimum Gasteiger partial charge on any atom is -0.400 e. The zero-order chi connectivity index (χ0) is 15.8. The van der Waals surface area contributed by atoms with E-state index in [9.17, 15) is 4.39 Å². The second-order valence-corrected chi connectivity index (χ2v) is 6.86. The Morgan fingerprint density at radius 1 is 1.29 bits per heavy atom. The third-order valence-electron chi connectivity index (χ3n) is 4.03. The highest BCUT2D eigenvalue weighted by Crippen LogP contribution is 2.39. The third-order valence-corrected chi connectivity index (χ3v) is 4.71. The van der Waals surface area contributed by atoms with Crippen molar-refractivity contribution in [3.05, 3.63) is 40.1 Å². The molecule has 2 nitrogen and oxygen atoms in total. The predicted molar refractivity (Wildman–Crippen MR) is 89.3 cm³/mol. The van der Waals surface area contributed by atoms with Crippen LogP contribution in [0.5, 0.6) is 0 Å². The minimum absolute atomic E-state index is 0.107. The summed E-state index contributed by atoms with van der Waals surface area (Å²) in [5.74, 6) is 0.0130. The van der Waals surface area contributed by atoms with Crippen molar-refractivity contribution in [1.29, 1.82) is 0 Å². The number of rotatable bonds is 3. The zero-order valence-corrected chi connectivity index (χ0v) is 14.3. The van der Waals surface area contributed by atoms with E-state index in [-0.39, 0.29) is 5.02 Å². The van der Waals surface area contributed by atoms with E-state index in [0.29, 0.717) is 11.3 Å². The maximum atomic E-state index is 13.5. The summed E-state index contributed by atoms with van der Waals surface area (Å²) in [6.45, 7) is 7.96. The first kappa shape index (κ1) is 16.9. The van der Waals surface area contributed by atoms with Crippen LogP contribution >= 0.6 is 24.2 Å². The molecule has 0 bridgehead atoms. The molecule has 0 unspecified atom stereocenters. The molecule has 0 N–H and O–H groups in total. The van der Waals surface area contributed by atoms with Gasteiger partial charge in [0.15, 0.2) is 0 Å². The van der Waals surface area contributed by atoms with E-state index in [1.807, 2.05) is 33.8 Å². The van der Waals surface area contributed by atoms with Crippen LogP contribution in [0.3, 0.4) is 0 Å². The van der Waals surface area contributed by atoms with Crippen LogP contribution in [0.4, 0.5) is 4.39 Å². The lowest BCUT2D eigenvalue weighted by Crippen LogP contribution is -2.41. The average Bonchev–Trinajstić information content (AvgIpc) is 2.59. The third kappa shape index (κ3) is 3.47. The van der Waals surface area contributed by atoms with Crippen LogP contribution in [0.15, 0.2) is 23.7 Å². The van der Waals surface area contributed by atoms with E-state index < -0.39 is 24.1 Å². The molecule has 114 valence electrons. The molecule has 0 amide bonds. The summed E-state index contributed by atoms with van der Waals surface area (Å²) in [6, 6.07) is 4.67. The molecule has 1 aliphatic heterocycles. The molecule has 0 aromatic heterocycles. The van der Waals surface area contributed by atoms with Crippen molar-refractivity contribution in [1.82, 2.24) is 0 Å². The van der Waals surface area contributed by atoms with Crippen molar-refractivity contribution in [3.8, 4) is 0 Å². The van der Waals surface area contributed by atoms with Crippen LogP contribution in [0.25, 0.3) is 6.08 Å². The Labute approximate surface area is 136 Å². The number of benzene rings is 1. The summed E-state index contributed by atoms with van der Waals surface area (Å²) in [6.07, 6.45) is 1.83. The molecule has 2 rings (SSSR count). The predicted octanol–water partition coefficient (Wildman–Crippen LogP) is 4.42. The highest BCUT2D eigenvalue weighted by Gasteiger charge is 2.52. The summed E-state index contributed by atoms with van der Waals surface area (Å²) in [5.41, 5.74) is 0.727. The number of hydrogen-bond donors (Lipinski definition) is 1. The number of halogens is 2. The van der Waals surface area contributed by atoms with Gasteiger partial charge in [-0.25, -0.2) is 4.39 Å². The second-order valence-electron chi connectivity index (χ2n) is 6.14. The molecule has 1 fully saturated rings. The summed E-state index contributed by atoms with van der Waals surface area (Å²) in [4.78, 5) is 0. The zero-order valence-electron chi connectivity index (χ0n) is 12.6. The largest absolute Gasteiger partial charge is 0.491 e. The van der Waals surface area contributed by atoms with Crippen LogP contribution in [0.1, 0.15) is 33.3 Å². The summed E-state index contributed by atoms with van der Waals surface area (Å²) in [5, 5.41) is 0.107. The molecular weight excluding hydrogens is 309 g/mol. The van der Waals surface area contributed by atoms with Gasteiger partial charge in [0.1, 0.15) is 5.82 Å².